The largest absolute Gasteiger partial charge is 0.379 e. The molecule has 1 atom stereocenters. The summed E-state index contributed by atoms with van der Waals surface area (Å²) < 4.78 is 5.26. The van der Waals surface area contributed by atoms with E-state index in [2.05, 4.69) is 10.1 Å². The van der Waals surface area contributed by atoms with Gasteiger partial charge in [-0.05, 0) is 32.7 Å². The van der Waals surface area contributed by atoms with Crippen molar-refractivity contribution >= 4 is 0 Å². The summed E-state index contributed by atoms with van der Waals surface area (Å²) in [4.78, 5) is 12.5. The Bertz CT molecular complexity index is 158. The Morgan fingerprint density at radius 1 is 1.36 bits per heavy atom. The van der Waals surface area contributed by atoms with Crippen LogP contribution in [0.25, 0.3) is 0 Å². The van der Waals surface area contributed by atoms with E-state index < -0.39 is 0 Å². The van der Waals surface area contributed by atoms with Gasteiger partial charge in [-0.15, -0.1) is 0 Å². The zero-order valence-corrected chi connectivity index (χ0v) is 8.95. The van der Waals surface area contributed by atoms with Crippen molar-refractivity contribution in [2.45, 2.75) is 32.2 Å². The minimum Gasteiger partial charge on any atom is -0.379 e. The van der Waals surface area contributed by atoms with Crippen LogP contribution in [0.15, 0.2) is 5.18 Å². The molecule has 82 valence electrons. The monoisotopic (exact) mass is 200 g/mol. The molecule has 1 aliphatic heterocycles. The Morgan fingerprint density at radius 3 is 2.71 bits per heavy atom. The lowest BCUT2D eigenvalue weighted by atomic mass is 10.1. The maximum atomic E-state index is 10.1. The number of unbranched alkanes of at least 4 members (excludes halogenated alkanes) is 1. The van der Waals surface area contributed by atoms with Crippen molar-refractivity contribution in [2.24, 2.45) is 5.18 Å². The molecule has 0 aliphatic carbocycles. The molecule has 0 spiro atoms. The minimum absolute atomic E-state index is 0.0142. The molecule has 0 saturated carbocycles. The van der Waals surface area contributed by atoms with Crippen LogP contribution < -0.4 is 0 Å². The van der Waals surface area contributed by atoms with Gasteiger partial charge in [-0.2, -0.15) is 4.91 Å². The van der Waals surface area contributed by atoms with Crippen LogP contribution in [0.4, 0.5) is 0 Å². The smallest absolute Gasteiger partial charge is 0.0891 e. The Balaban J connectivity index is 1.94. The third-order valence-electron chi connectivity index (χ3n) is 2.63. The van der Waals surface area contributed by atoms with Gasteiger partial charge in [-0.3, -0.25) is 4.90 Å². The second kappa shape index (κ2) is 6.90. The van der Waals surface area contributed by atoms with Crippen molar-refractivity contribution in [2.75, 3.05) is 32.8 Å². The molecule has 0 amide bonds. The number of nitrogens with zero attached hydrogens (tertiary/aromatic N) is 2. The summed E-state index contributed by atoms with van der Waals surface area (Å²) >= 11 is 0. The summed E-state index contributed by atoms with van der Waals surface area (Å²) in [6.45, 7) is 6.86. The van der Waals surface area contributed by atoms with E-state index in [1.165, 1.54) is 6.42 Å². The van der Waals surface area contributed by atoms with Crippen molar-refractivity contribution in [3.05, 3.63) is 4.91 Å². The predicted octanol–water partition coefficient (Wildman–Crippen LogP) is 1.64. The van der Waals surface area contributed by atoms with Gasteiger partial charge in [0, 0.05) is 13.1 Å². The van der Waals surface area contributed by atoms with Crippen LogP contribution in [0.1, 0.15) is 26.2 Å². The van der Waals surface area contributed by atoms with E-state index in [0.29, 0.717) is 0 Å². The van der Waals surface area contributed by atoms with Crippen LogP contribution in [0.3, 0.4) is 0 Å². The molecule has 1 rings (SSSR count). The normalized spacial score (nSPS) is 20.6. The van der Waals surface area contributed by atoms with Gasteiger partial charge < -0.3 is 4.74 Å². The van der Waals surface area contributed by atoms with Crippen LogP contribution >= 0.6 is 0 Å². The average Bonchev–Trinajstić information content (AvgIpc) is 2.25. The summed E-state index contributed by atoms with van der Waals surface area (Å²) in [5, 5.41) is 2.99. The fourth-order valence-electron chi connectivity index (χ4n) is 1.65. The van der Waals surface area contributed by atoms with Crippen LogP contribution in [0.5, 0.6) is 0 Å². The molecule has 14 heavy (non-hydrogen) atoms. The maximum Gasteiger partial charge on any atom is 0.0891 e. The van der Waals surface area contributed by atoms with Crippen LogP contribution in [0.2, 0.25) is 0 Å². The molecule has 0 bridgehead atoms. The molecule has 1 aliphatic rings. The fraction of sp³-hybridized carbons (Fsp3) is 1.00. The van der Waals surface area contributed by atoms with Crippen LogP contribution in [-0.2, 0) is 4.74 Å². The average molecular weight is 200 g/mol. The molecule has 1 unspecified atom stereocenters. The van der Waals surface area contributed by atoms with Gasteiger partial charge in [0.05, 0.1) is 19.3 Å². The highest BCUT2D eigenvalue weighted by Gasteiger charge is 2.09. The maximum absolute atomic E-state index is 10.1. The van der Waals surface area contributed by atoms with Crippen molar-refractivity contribution in [3.8, 4) is 0 Å². The van der Waals surface area contributed by atoms with Gasteiger partial charge in [-0.25, -0.2) is 0 Å². The predicted molar refractivity (Wildman–Crippen MR) is 56.4 cm³/mol. The standard InChI is InChI=1S/C10H20N2O2/c1-10(11-13)4-2-3-5-12-6-8-14-9-7-12/h10H,2-9H2,1H3. The lowest BCUT2D eigenvalue weighted by molar-refractivity contribution is 0.0371. The van der Waals surface area contributed by atoms with Crippen LogP contribution in [0, 0.1) is 4.91 Å². The van der Waals surface area contributed by atoms with Gasteiger partial charge in [-0.1, -0.05) is 5.18 Å². The summed E-state index contributed by atoms with van der Waals surface area (Å²) in [5.41, 5.74) is 0. The van der Waals surface area contributed by atoms with Gasteiger partial charge in [0.1, 0.15) is 0 Å². The molecule has 0 radical (unpaired) electrons. The lowest BCUT2D eigenvalue weighted by Gasteiger charge is -2.26. The van der Waals surface area contributed by atoms with Crippen molar-refractivity contribution in [3.63, 3.8) is 0 Å². The SMILES string of the molecule is CC(CCCCN1CCOCC1)N=O. The molecule has 1 fully saturated rings. The molecule has 0 aromatic carbocycles. The fourth-order valence-corrected chi connectivity index (χ4v) is 1.65. The van der Waals surface area contributed by atoms with E-state index in [-0.39, 0.29) is 6.04 Å². The number of nitroso groups, excluding NO2 is 1. The number of rotatable bonds is 6. The van der Waals surface area contributed by atoms with Gasteiger partial charge >= 0.3 is 0 Å². The highest BCUT2D eigenvalue weighted by molar-refractivity contribution is 4.63. The van der Waals surface area contributed by atoms with Gasteiger partial charge in [0.15, 0.2) is 0 Å². The number of hydrogen-bond donors (Lipinski definition) is 0. The second-order valence-electron chi connectivity index (χ2n) is 3.90. The first-order valence-electron chi connectivity index (χ1n) is 5.45. The summed E-state index contributed by atoms with van der Waals surface area (Å²) in [6.07, 6.45) is 3.19. The van der Waals surface area contributed by atoms with E-state index in [9.17, 15) is 4.91 Å². The van der Waals surface area contributed by atoms with E-state index in [4.69, 9.17) is 4.74 Å². The molecule has 1 saturated heterocycles. The molecule has 0 aromatic heterocycles. The Kier molecular flexibility index (Phi) is 5.71. The molecule has 0 aromatic rings. The van der Waals surface area contributed by atoms with E-state index in [1.54, 1.807) is 0 Å². The second-order valence-corrected chi connectivity index (χ2v) is 3.90. The molecule has 1 heterocycles. The molecule has 0 N–H and O–H groups in total. The van der Waals surface area contributed by atoms with Crippen molar-refractivity contribution in [1.82, 2.24) is 4.90 Å². The van der Waals surface area contributed by atoms with Gasteiger partial charge in [0.2, 0.25) is 0 Å². The van der Waals surface area contributed by atoms with E-state index in [1.807, 2.05) is 6.92 Å². The van der Waals surface area contributed by atoms with E-state index >= 15 is 0 Å². The third-order valence-corrected chi connectivity index (χ3v) is 2.63. The zero-order valence-electron chi connectivity index (χ0n) is 8.95. The van der Waals surface area contributed by atoms with Crippen molar-refractivity contribution < 1.29 is 4.74 Å². The van der Waals surface area contributed by atoms with E-state index in [0.717, 1.165) is 45.7 Å². The summed E-state index contributed by atoms with van der Waals surface area (Å²) in [6, 6.07) is -0.0142. The first-order chi connectivity index (χ1) is 6.83. The van der Waals surface area contributed by atoms with Gasteiger partial charge in [0.25, 0.3) is 0 Å². The minimum atomic E-state index is -0.0142. The molecule has 4 nitrogen and oxygen atoms in total. The number of morpholine rings is 1. The number of ether oxygens (including phenoxy) is 1. The molecule has 4 heteroatoms. The topological polar surface area (TPSA) is 41.9 Å². The first-order valence-corrected chi connectivity index (χ1v) is 5.45. The Labute approximate surface area is 85.6 Å². The lowest BCUT2D eigenvalue weighted by Crippen LogP contribution is -2.36. The highest BCUT2D eigenvalue weighted by Crippen LogP contribution is 2.05. The molecular formula is C10H20N2O2. The van der Waals surface area contributed by atoms with Crippen LogP contribution in [-0.4, -0.2) is 43.8 Å². The molecular weight excluding hydrogens is 180 g/mol. The Morgan fingerprint density at radius 2 is 2.07 bits per heavy atom. The third kappa shape index (κ3) is 4.67. The summed E-state index contributed by atoms with van der Waals surface area (Å²) in [5.74, 6) is 0. The highest BCUT2D eigenvalue weighted by atomic mass is 16.5. The zero-order chi connectivity index (χ0) is 10.2. The quantitative estimate of drug-likeness (QED) is 0.483. The first kappa shape index (κ1) is 11.6. The number of hydrogen-bond acceptors (Lipinski definition) is 4. The van der Waals surface area contributed by atoms with Crippen molar-refractivity contribution in [1.29, 1.82) is 0 Å². The summed E-state index contributed by atoms with van der Waals surface area (Å²) in [7, 11) is 0. The Hall–Kier alpha value is -0.480.